The number of aromatic nitrogens is 1. The van der Waals surface area contributed by atoms with Crippen molar-refractivity contribution in [3.63, 3.8) is 0 Å². The van der Waals surface area contributed by atoms with Crippen LogP contribution in [0.1, 0.15) is 35.6 Å². The molecule has 0 unspecified atom stereocenters. The van der Waals surface area contributed by atoms with Crippen molar-refractivity contribution in [3.8, 4) is 11.8 Å². The van der Waals surface area contributed by atoms with Crippen molar-refractivity contribution >= 4 is 11.7 Å². The number of anilines is 1. The minimum absolute atomic E-state index is 0.0283. The number of aliphatic hydroxyl groups is 1. The third-order valence-electron chi connectivity index (χ3n) is 7.05. The number of rotatable bonds is 3. The maximum absolute atomic E-state index is 13.2. The lowest BCUT2D eigenvalue weighted by molar-refractivity contribution is -0.0585. The monoisotopic (exact) mass is 484 g/mol. The minimum atomic E-state index is -0.337. The number of carbonyl (C=O) groups excluding carboxylic acids is 1. The number of urea groups is 1. The number of pyridine rings is 1. The van der Waals surface area contributed by atoms with E-state index in [1.807, 2.05) is 35.2 Å². The van der Waals surface area contributed by atoms with Gasteiger partial charge in [0.15, 0.2) is 0 Å². The highest BCUT2D eigenvalue weighted by Crippen LogP contribution is 2.42. The van der Waals surface area contributed by atoms with Gasteiger partial charge in [0.2, 0.25) is 0 Å². The van der Waals surface area contributed by atoms with E-state index >= 15 is 0 Å². The first kappa shape index (κ1) is 24.0. The maximum Gasteiger partial charge on any atom is 0.321 e. The minimum Gasteiger partial charge on any atom is -0.395 e. The van der Waals surface area contributed by atoms with Crippen molar-refractivity contribution < 1.29 is 14.3 Å². The van der Waals surface area contributed by atoms with Gasteiger partial charge in [0.1, 0.15) is 11.5 Å². The van der Waals surface area contributed by atoms with Gasteiger partial charge in [0, 0.05) is 48.5 Å². The van der Waals surface area contributed by atoms with Crippen molar-refractivity contribution in [3.05, 3.63) is 95.6 Å². The van der Waals surface area contributed by atoms with Gasteiger partial charge in [-0.15, -0.1) is 0 Å². The highest BCUT2D eigenvalue weighted by Gasteiger charge is 2.49. The predicted molar refractivity (Wildman–Crippen MR) is 137 cm³/mol. The van der Waals surface area contributed by atoms with Crippen LogP contribution in [0, 0.1) is 17.7 Å². The molecule has 0 saturated carbocycles. The molecule has 2 saturated heterocycles. The van der Waals surface area contributed by atoms with E-state index < -0.39 is 0 Å². The van der Waals surface area contributed by atoms with E-state index in [1.54, 1.807) is 18.3 Å². The smallest absolute Gasteiger partial charge is 0.321 e. The molecule has 3 aromatic rings. The number of carbonyl (C=O) groups is 1. The number of fused-ring (bicyclic) bond motifs is 1. The molecule has 1 aromatic heterocycles. The molecule has 0 radical (unpaired) electrons. The Labute approximate surface area is 210 Å². The number of amides is 2. The summed E-state index contributed by atoms with van der Waals surface area (Å²) in [6.45, 7) is 2.21. The summed E-state index contributed by atoms with van der Waals surface area (Å²) in [5, 5.41) is 13.1. The van der Waals surface area contributed by atoms with Crippen LogP contribution in [0.4, 0.5) is 14.9 Å². The second kappa shape index (κ2) is 10.9. The predicted octanol–water partition coefficient (Wildman–Crippen LogP) is 4.08. The van der Waals surface area contributed by atoms with E-state index in [-0.39, 0.29) is 36.5 Å². The lowest BCUT2D eigenvalue weighted by atomic mass is 9.74. The summed E-state index contributed by atoms with van der Waals surface area (Å²) in [5.74, 6) is 6.01. The Morgan fingerprint density at radius 1 is 1.03 bits per heavy atom. The van der Waals surface area contributed by atoms with Crippen molar-refractivity contribution in [1.29, 1.82) is 0 Å². The molecule has 0 spiro atoms. The quantitative estimate of drug-likeness (QED) is 0.550. The zero-order valence-corrected chi connectivity index (χ0v) is 20.0. The Morgan fingerprint density at radius 2 is 1.81 bits per heavy atom. The maximum atomic E-state index is 13.2. The molecule has 36 heavy (non-hydrogen) atoms. The van der Waals surface area contributed by atoms with Gasteiger partial charge in [-0.05, 0) is 79.4 Å². The average molecular weight is 485 g/mol. The molecule has 3 heterocycles. The summed E-state index contributed by atoms with van der Waals surface area (Å²) in [7, 11) is 0. The van der Waals surface area contributed by atoms with E-state index in [1.165, 1.54) is 12.1 Å². The molecular weight excluding hydrogens is 455 g/mol. The van der Waals surface area contributed by atoms with E-state index in [4.69, 9.17) is 0 Å². The van der Waals surface area contributed by atoms with Crippen molar-refractivity contribution in [2.24, 2.45) is 0 Å². The number of nitrogens with zero attached hydrogens (tertiary/aromatic N) is 3. The van der Waals surface area contributed by atoms with Gasteiger partial charge in [-0.3, -0.25) is 4.90 Å². The third-order valence-corrected chi connectivity index (χ3v) is 7.05. The highest BCUT2D eigenvalue weighted by atomic mass is 19.1. The molecule has 6 nitrogen and oxygen atoms in total. The molecule has 184 valence electrons. The normalized spacial score (nSPS) is 21.7. The Bertz CT molecular complexity index is 1240. The Balaban J connectivity index is 1.31. The molecule has 2 aromatic carbocycles. The molecule has 3 atom stereocenters. The van der Waals surface area contributed by atoms with Crippen LogP contribution in [0.2, 0.25) is 0 Å². The summed E-state index contributed by atoms with van der Waals surface area (Å²) >= 11 is 0. The highest BCUT2D eigenvalue weighted by molar-refractivity contribution is 5.89. The first-order chi connectivity index (χ1) is 17.6. The van der Waals surface area contributed by atoms with Gasteiger partial charge in [-0.25, -0.2) is 14.2 Å². The summed E-state index contributed by atoms with van der Waals surface area (Å²) in [6, 6.07) is 19.6. The summed E-state index contributed by atoms with van der Waals surface area (Å²) in [6.07, 6.45) is 3.58. The summed E-state index contributed by atoms with van der Waals surface area (Å²) in [4.78, 5) is 21.5. The van der Waals surface area contributed by atoms with E-state index in [9.17, 15) is 14.3 Å². The number of nitrogens with one attached hydrogen (secondary N) is 1. The first-order valence-electron chi connectivity index (χ1n) is 12.3. The summed E-state index contributed by atoms with van der Waals surface area (Å²) < 4.78 is 13.2. The van der Waals surface area contributed by atoms with Crippen molar-refractivity contribution in [2.75, 3.05) is 31.6 Å². The van der Waals surface area contributed by atoms with Crippen LogP contribution in [-0.4, -0.2) is 64.2 Å². The Hall–Kier alpha value is -3.73. The van der Waals surface area contributed by atoms with E-state index in [0.29, 0.717) is 18.8 Å². The van der Waals surface area contributed by atoms with Gasteiger partial charge < -0.3 is 15.3 Å². The standard InChI is InChI=1S/C29H29FN4O2/c30-23-11-14-25(15-12-23)32-29(36)33-17-3-4-18-34-26(19-33)28(27(34)20-35)22-9-6-21(7-10-22)8-13-24-5-1-2-16-31-24/h1-2,5-7,9-12,14-16,26-28,35H,3-4,17-20H2,(H,32,36)/t26-,27-,28-/m0/s1. The fraction of sp³-hybridized carbons (Fsp3) is 0.310. The molecule has 2 aliphatic heterocycles. The Morgan fingerprint density at radius 3 is 2.53 bits per heavy atom. The number of hydrogen-bond acceptors (Lipinski definition) is 4. The zero-order chi connectivity index (χ0) is 24.9. The molecule has 2 N–H and O–H groups in total. The van der Waals surface area contributed by atoms with Gasteiger partial charge in [0.25, 0.3) is 0 Å². The van der Waals surface area contributed by atoms with Crippen LogP contribution < -0.4 is 5.32 Å². The van der Waals surface area contributed by atoms with Crippen LogP contribution in [0.3, 0.4) is 0 Å². The lowest BCUT2D eigenvalue weighted by Gasteiger charge is -2.57. The second-order valence-electron chi connectivity index (χ2n) is 9.26. The van der Waals surface area contributed by atoms with Crippen LogP contribution in [0.15, 0.2) is 72.9 Å². The number of halogens is 1. The number of benzene rings is 2. The fourth-order valence-corrected chi connectivity index (χ4v) is 5.22. The second-order valence-corrected chi connectivity index (χ2v) is 9.26. The van der Waals surface area contributed by atoms with Gasteiger partial charge in [-0.1, -0.05) is 24.1 Å². The van der Waals surface area contributed by atoms with Crippen molar-refractivity contribution in [1.82, 2.24) is 14.8 Å². The number of hydrogen-bond donors (Lipinski definition) is 2. The molecule has 5 rings (SSSR count). The molecule has 0 aliphatic carbocycles. The first-order valence-corrected chi connectivity index (χ1v) is 12.3. The van der Waals surface area contributed by atoms with Gasteiger partial charge in [-0.2, -0.15) is 0 Å². The third kappa shape index (κ3) is 5.25. The van der Waals surface area contributed by atoms with Crippen molar-refractivity contribution in [2.45, 2.75) is 30.8 Å². The molecule has 2 amide bonds. The van der Waals surface area contributed by atoms with E-state index in [0.717, 1.165) is 36.2 Å². The van der Waals surface area contributed by atoms with E-state index in [2.05, 4.69) is 39.2 Å². The number of aliphatic hydroxyl groups excluding tert-OH is 1. The molecular formula is C29H29FN4O2. The summed E-state index contributed by atoms with van der Waals surface area (Å²) in [5.41, 5.74) is 3.34. The fourth-order valence-electron chi connectivity index (χ4n) is 5.22. The molecule has 2 aliphatic rings. The van der Waals surface area contributed by atoms with Crippen LogP contribution in [-0.2, 0) is 0 Å². The van der Waals surface area contributed by atoms with Crippen LogP contribution in [0.25, 0.3) is 0 Å². The lowest BCUT2D eigenvalue weighted by Crippen LogP contribution is -2.68. The largest absolute Gasteiger partial charge is 0.395 e. The Kier molecular flexibility index (Phi) is 7.26. The molecule has 7 heteroatoms. The zero-order valence-electron chi connectivity index (χ0n) is 20.0. The topological polar surface area (TPSA) is 68.7 Å². The molecule has 0 bridgehead atoms. The van der Waals surface area contributed by atoms with Gasteiger partial charge >= 0.3 is 6.03 Å². The molecule has 2 fully saturated rings. The van der Waals surface area contributed by atoms with Crippen LogP contribution in [0.5, 0.6) is 0 Å². The SMILES string of the molecule is O=C(Nc1ccc(F)cc1)N1CCCCN2[C@@H](CO)[C@@H](c3ccc(C#Cc4ccccn4)cc3)[C@@H]2C1. The van der Waals surface area contributed by atoms with Gasteiger partial charge in [0.05, 0.1) is 6.61 Å². The van der Waals surface area contributed by atoms with Crippen LogP contribution >= 0.6 is 0 Å². The average Bonchev–Trinajstić information content (AvgIpc) is 2.89.